The van der Waals surface area contributed by atoms with Gasteiger partial charge >= 0.3 is 0 Å². The number of ether oxygens (including phenoxy) is 2. The molecule has 0 unspecified atom stereocenters. The zero-order valence-corrected chi connectivity index (χ0v) is 29.4. The van der Waals surface area contributed by atoms with Gasteiger partial charge in [0, 0.05) is 24.7 Å². The standard InChI is InChI=1S/C35H47ClN4O3S/c1-11-13-14-15-27(28(20-23(3)4)29-21-31(36)37-22-30(29)42-9)33(41)38-34-40-39-32(44-34)19-17-25(24(5)6)16-18-26(12-2)35(7,8)43-10/h12,14-16,18,20-22H,11,13,17,19H2,1-10H3,(H,38,40,41)/b15-14+,18-16-,26-12+,28-27-. The van der Waals surface area contributed by atoms with Crippen LogP contribution in [-0.2, 0) is 16.0 Å². The second-order valence-electron chi connectivity index (χ2n) is 11.2. The van der Waals surface area contributed by atoms with Crippen LogP contribution in [0.2, 0.25) is 5.15 Å². The number of hydrogen-bond acceptors (Lipinski definition) is 7. The molecule has 9 heteroatoms. The predicted octanol–water partition coefficient (Wildman–Crippen LogP) is 9.51. The number of halogens is 1. The van der Waals surface area contributed by atoms with Gasteiger partial charge in [-0.3, -0.25) is 10.1 Å². The van der Waals surface area contributed by atoms with E-state index in [2.05, 4.69) is 73.3 Å². The molecule has 2 aromatic rings. The fraction of sp³-hybridized carbons (Fsp3) is 0.429. The highest BCUT2D eigenvalue weighted by molar-refractivity contribution is 7.15. The Hall–Kier alpha value is -3.33. The molecule has 238 valence electrons. The van der Waals surface area contributed by atoms with E-state index in [0.717, 1.165) is 35.4 Å². The Labute approximate surface area is 272 Å². The number of pyridine rings is 1. The lowest BCUT2D eigenvalue weighted by molar-refractivity contribution is -0.112. The van der Waals surface area contributed by atoms with Gasteiger partial charge in [-0.15, -0.1) is 10.2 Å². The third-order valence-corrected chi connectivity index (χ3v) is 8.08. The van der Waals surface area contributed by atoms with Gasteiger partial charge in [0.15, 0.2) is 0 Å². The number of anilines is 1. The molecule has 2 aromatic heterocycles. The SMILES string of the molecule is C/C=C(\C=C/C(CCc1nnc(NC(=O)C(/C=C/CCC)=C(/C=C(C)C)c2cc(Cl)ncc2OC)s1)=C(C)C)C(C)(C)OC. The number of unbranched alkanes of at least 4 members (excludes halogenated alkanes) is 1. The molecule has 1 N–H and O–H groups in total. The highest BCUT2D eigenvalue weighted by atomic mass is 35.5. The zero-order chi connectivity index (χ0) is 32.9. The summed E-state index contributed by atoms with van der Waals surface area (Å²) in [5, 5.41) is 13.2. The average Bonchev–Trinajstić information content (AvgIpc) is 3.42. The van der Waals surface area contributed by atoms with Gasteiger partial charge in [-0.05, 0) is 84.1 Å². The third-order valence-electron chi connectivity index (χ3n) is 6.97. The molecule has 0 saturated carbocycles. The highest BCUT2D eigenvalue weighted by Gasteiger charge is 2.21. The number of aryl methyl sites for hydroxylation is 1. The van der Waals surface area contributed by atoms with Gasteiger partial charge in [0.05, 0.1) is 18.9 Å². The zero-order valence-electron chi connectivity index (χ0n) is 27.8. The van der Waals surface area contributed by atoms with Crippen LogP contribution in [0.5, 0.6) is 5.75 Å². The molecule has 0 aliphatic carbocycles. The van der Waals surface area contributed by atoms with E-state index in [9.17, 15) is 4.79 Å². The summed E-state index contributed by atoms with van der Waals surface area (Å²) in [7, 11) is 3.29. The summed E-state index contributed by atoms with van der Waals surface area (Å²) in [6.45, 7) is 16.4. The summed E-state index contributed by atoms with van der Waals surface area (Å²) in [5.74, 6) is 0.223. The van der Waals surface area contributed by atoms with Crippen molar-refractivity contribution in [1.29, 1.82) is 0 Å². The van der Waals surface area contributed by atoms with Crippen molar-refractivity contribution >= 4 is 39.5 Å². The Balaban J connectivity index is 2.38. The van der Waals surface area contributed by atoms with Crippen LogP contribution >= 0.6 is 22.9 Å². The molecule has 0 fully saturated rings. The van der Waals surface area contributed by atoms with Gasteiger partial charge in [0.2, 0.25) is 5.13 Å². The minimum absolute atomic E-state index is 0.296. The summed E-state index contributed by atoms with van der Waals surface area (Å²) in [6.07, 6.45) is 17.0. The molecule has 2 rings (SSSR count). The number of carbonyl (C=O) groups is 1. The normalized spacial score (nSPS) is 12.8. The Morgan fingerprint density at radius 1 is 1.11 bits per heavy atom. The molecule has 0 aromatic carbocycles. The van der Waals surface area contributed by atoms with Gasteiger partial charge in [-0.1, -0.05) is 83.9 Å². The topological polar surface area (TPSA) is 86.2 Å². The molecule has 2 heterocycles. The van der Waals surface area contributed by atoms with E-state index in [-0.39, 0.29) is 11.5 Å². The van der Waals surface area contributed by atoms with Crippen molar-refractivity contribution in [2.75, 3.05) is 19.5 Å². The second-order valence-corrected chi connectivity index (χ2v) is 12.7. The largest absolute Gasteiger partial charge is 0.494 e. The molecule has 44 heavy (non-hydrogen) atoms. The fourth-order valence-corrected chi connectivity index (χ4v) is 5.19. The number of methoxy groups -OCH3 is 2. The maximum Gasteiger partial charge on any atom is 0.258 e. The van der Waals surface area contributed by atoms with Crippen molar-refractivity contribution in [3.63, 3.8) is 0 Å². The van der Waals surface area contributed by atoms with E-state index in [1.807, 2.05) is 39.0 Å². The fourth-order valence-electron chi connectivity index (χ4n) is 4.30. The molecular weight excluding hydrogens is 592 g/mol. The van der Waals surface area contributed by atoms with Crippen LogP contribution in [0.1, 0.15) is 85.2 Å². The lowest BCUT2D eigenvalue weighted by Crippen LogP contribution is -2.24. The van der Waals surface area contributed by atoms with Crippen LogP contribution in [0.25, 0.3) is 5.57 Å². The van der Waals surface area contributed by atoms with E-state index in [1.54, 1.807) is 26.5 Å². The van der Waals surface area contributed by atoms with E-state index in [1.165, 1.54) is 22.5 Å². The van der Waals surface area contributed by atoms with Crippen molar-refractivity contribution in [3.8, 4) is 5.75 Å². The van der Waals surface area contributed by atoms with Crippen molar-refractivity contribution in [2.45, 2.75) is 86.7 Å². The maximum atomic E-state index is 13.8. The molecule has 1 amide bonds. The van der Waals surface area contributed by atoms with E-state index < -0.39 is 0 Å². The number of allylic oxidation sites excluding steroid dienone is 8. The van der Waals surface area contributed by atoms with Gasteiger partial charge in [0.1, 0.15) is 15.9 Å². The van der Waals surface area contributed by atoms with Crippen molar-refractivity contribution in [2.24, 2.45) is 0 Å². The van der Waals surface area contributed by atoms with Crippen molar-refractivity contribution in [3.05, 3.63) is 92.3 Å². The summed E-state index contributed by atoms with van der Waals surface area (Å²) in [4.78, 5) is 18.0. The summed E-state index contributed by atoms with van der Waals surface area (Å²) in [5.41, 5.74) is 6.02. The van der Waals surface area contributed by atoms with E-state index in [0.29, 0.717) is 39.2 Å². The minimum Gasteiger partial charge on any atom is -0.494 e. The van der Waals surface area contributed by atoms with Crippen LogP contribution in [0.4, 0.5) is 5.13 Å². The Bertz CT molecular complexity index is 1470. The Kier molecular flexibility index (Phi) is 14.9. The number of hydrogen-bond donors (Lipinski definition) is 1. The number of aromatic nitrogens is 3. The number of nitrogens with one attached hydrogen (secondary N) is 1. The first-order chi connectivity index (χ1) is 20.9. The first-order valence-corrected chi connectivity index (χ1v) is 16.0. The monoisotopic (exact) mass is 638 g/mol. The first-order valence-electron chi connectivity index (χ1n) is 14.8. The average molecular weight is 639 g/mol. The Morgan fingerprint density at radius 2 is 1.84 bits per heavy atom. The molecule has 7 nitrogen and oxygen atoms in total. The van der Waals surface area contributed by atoms with Crippen LogP contribution in [0.15, 0.2) is 76.6 Å². The van der Waals surface area contributed by atoms with Gasteiger partial charge < -0.3 is 9.47 Å². The maximum absolute atomic E-state index is 13.8. The van der Waals surface area contributed by atoms with Crippen molar-refractivity contribution in [1.82, 2.24) is 15.2 Å². The summed E-state index contributed by atoms with van der Waals surface area (Å²) >= 11 is 7.66. The Morgan fingerprint density at radius 3 is 2.43 bits per heavy atom. The molecule has 0 saturated heterocycles. The summed E-state index contributed by atoms with van der Waals surface area (Å²) < 4.78 is 11.2. The van der Waals surface area contributed by atoms with Crippen LogP contribution in [0, 0.1) is 0 Å². The molecular formula is C35H47ClN4O3S. The van der Waals surface area contributed by atoms with E-state index in [4.69, 9.17) is 21.1 Å². The highest BCUT2D eigenvalue weighted by Crippen LogP contribution is 2.33. The molecule has 0 spiro atoms. The molecule has 0 aliphatic rings. The van der Waals surface area contributed by atoms with Gasteiger partial charge in [-0.25, -0.2) is 4.98 Å². The minimum atomic E-state index is -0.371. The first kappa shape index (κ1) is 36.9. The predicted molar refractivity (Wildman–Crippen MR) is 185 cm³/mol. The van der Waals surface area contributed by atoms with Crippen LogP contribution in [-0.4, -0.2) is 40.9 Å². The number of rotatable bonds is 15. The number of nitrogens with zero attached hydrogens (tertiary/aromatic N) is 3. The quantitative estimate of drug-likeness (QED) is 0.119. The van der Waals surface area contributed by atoms with Gasteiger partial charge in [-0.2, -0.15) is 0 Å². The van der Waals surface area contributed by atoms with Crippen LogP contribution in [0.3, 0.4) is 0 Å². The van der Waals surface area contributed by atoms with Crippen molar-refractivity contribution < 1.29 is 14.3 Å². The lowest BCUT2D eigenvalue weighted by Gasteiger charge is -2.24. The summed E-state index contributed by atoms with van der Waals surface area (Å²) in [6, 6.07) is 1.71. The third kappa shape index (κ3) is 11.0. The molecule has 0 atom stereocenters. The van der Waals surface area contributed by atoms with E-state index >= 15 is 0 Å². The number of carbonyl (C=O) groups excluding carboxylic acids is 1. The molecule has 0 radical (unpaired) electrons. The second kappa shape index (κ2) is 17.8. The van der Waals surface area contributed by atoms with Gasteiger partial charge in [0.25, 0.3) is 5.91 Å². The van der Waals surface area contributed by atoms with Crippen LogP contribution < -0.4 is 10.1 Å². The molecule has 0 bridgehead atoms. The smallest absolute Gasteiger partial charge is 0.258 e. The lowest BCUT2D eigenvalue weighted by atomic mass is 9.95. The molecule has 0 aliphatic heterocycles. The number of amides is 1.